The van der Waals surface area contributed by atoms with Gasteiger partial charge in [-0.15, -0.1) is 0 Å². The second-order valence-corrected chi connectivity index (χ2v) is 3.85. The summed E-state index contributed by atoms with van der Waals surface area (Å²) in [5.74, 6) is 0.277. The summed E-state index contributed by atoms with van der Waals surface area (Å²) in [6, 6.07) is 9.05. The number of nitrogens with zero attached hydrogens (tertiary/aromatic N) is 1. The molecule has 2 rings (SSSR count). The molecule has 0 amide bonds. The summed E-state index contributed by atoms with van der Waals surface area (Å²) in [6.07, 6.45) is 3.14. The van der Waals surface area contributed by atoms with Crippen LogP contribution in [0.3, 0.4) is 0 Å². The third-order valence-corrected chi connectivity index (χ3v) is 2.52. The normalized spacial score (nSPS) is 10.0. The lowest BCUT2D eigenvalue weighted by atomic mass is 10.1. The topological polar surface area (TPSA) is 39.2 Å². The number of esters is 1. The molecule has 1 aromatic carbocycles. The summed E-state index contributed by atoms with van der Waals surface area (Å²) in [6.45, 7) is 3.84. The zero-order valence-corrected chi connectivity index (χ0v) is 9.81. The quantitative estimate of drug-likeness (QED) is 0.585. The minimum atomic E-state index is -0.357. The molecule has 3 heteroatoms. The minimum Gasteiger partial charge on any atom is -0.422 e. The van der Waals surface area contributed by atoms with E-state index in [2.05, 4.69) is 4.98 Å². The predicted molar refractivity (Wildman–Crippen MR) is 65.1 cm³/mol. The number of benzene rings is 1. The van der Waals surface area contributed by atoms with Crippen molar-refractivity contribution in [3.63, 3.8) is 0 Å². The highest BCUT2D eigenvalue weighted by Gasteiger charge is 2.11. The van der Waals surface area contributed by atoms with Crippen LogP contribution in [-0.4, -0.2) is 11.0 Å². The number of hydrogen-bond donors (Lipinski definition) is 0. The Morgan fingerprint density at radius 1 is 1.06 bits per heavy atom. The molecule has 0 saturated heterocycles. The Labute approximate surface area is 100 Å². The van der Waals surface area contributed by atoms with Crippen molar-refractivity contribution in [2.75, 3.05) is 0 Å². The number of aromatic nitrogens is 1. The van der Waals surface area contributed by atoms with Crippen molar-refractivity contribution >= 4 is 5.97 Å². The smallest absolute Gasteiger partial charge is 0.343 e. The van der Waals surface area contributed by atoms with Gasteiger partial charge in [-0.25, -0.2) is 4.79 Å². The van der Waals surface area contributed by atoms with Gasteiger partial charge in [-0.3, -0.25) is 4.98 Å². The number of carbonyl (C=O) groups is 1. The van der Waals surface area contributed by atoms with Gasteiger partial charge in [-0.1, -0.05) is 18.2 Å². The lowest BCUT2D eigenvalue weighted by molar-refractivity contribution is 0.0732. The molecule has 0 N–H and O–H groups in total. The molecule has 0 spiro atoms. The standard InChI is InChI=1S/C14H13NO2/c1-10-4-3-5-11(2)13(10)17-14(16)12-6-8-15-9-7-12/h3-9H,1-2H3. The molecule has 2 aromatic rings. The number of hydrogen-bond acceptors (Lipinski definition) is 3. The van der Waals surface area contributed by atoms with E-state index in [1.165, 1.54) is 0 Å². The Hall–Kier alpha value is -2.16. The van der Waals surface area contributed by atoms with E-state index in [-0.39, 0.29) is 5.97 Å². The van der Waals surface area contributed by atoms with Crippen LogP contribution in [0.5, 0.6) is 5.75 Å². The summed E-state index contributed by atoms with van der Waals surface area (Å²) >= 11 is 0. The van der Waals surface area contributed by atoms with Gasteiger partial charge in [-0.05, 0) is 37.1 Å². The molecule has 3 nitrogen and oxygen atoms in total. The van der Waals surface area contributed by atoms with E-state index >= 15 is 0 Å². The molecule has 0 radical (unpaired) electrons. The first-order chi connectivity index (χ1) is 8.18. The third kappa shape index (κ3) is 2.50. The third-order valence-electron chi connectivity index (χ3n) is 2.52. The van der Waals surface area contributed by atoms with Crippen LogP contribution in [0.4, 0.5) is 0 Å². The Balaban J connectivity index is 2.25. The Morgan fingerprint density at radius 2 is 1.65 bits per heavy atom. The summed E-state index contributed by atoms with van der Waals surface area (Å²) in [4.78, 5) is 15.7. The highest BCUT2D eigenvalue weighted by molar-refractivity contribution is 5.91. The minimum absolute atomic E-state index is 0.357. The maximum atomic E-state index is 11.9. The number of pyridine rings is 1. The van der Waals surface area contributed by atoms with E-state index in [9.17, 15) is 4.79 Å². The molecule has 0 aliphatic carbocycles. The van der Waals surface area contributed by atoms with Crippen molar-refractivity contribution in [2.45, 2.75) is 13.8 Å². The second-order valence-electron chi connectivity index (χ2n) is 3.85. The van der Waals surface area contributed by atoms with Crippen LogP contribution >= 0.6 is 0 Å². The van der Waals surface area contributed by atoms with Gasteiger partial charge in [-0.2, -0.15) is 0 Å². The summed E-state index contributed by atoms with van der Waals surface area (Å²) in [7, 11) is 0. The van der Waals surface area contributed by atoms with Crippen molar-refractivity contribution in [3.05, 3.63) is 59.4 Å². The molecule has 0 aliphatic heterocycles. The monoisotopic (exact) mass is 227 g/mol. The van der Waals surface area contributed by atoms with Crippen LogP contribution in [0.25, 0.3) is 0 Å². The molecule has 0 atom stereocenters. The number of para-hydroxylation sites is 1. The first-order valence-electron chi connectivity index (χ1n) is 5.37. The number of rotatable bonds is 2. The van der Waals surface area contributed by atoms with Crippen LogP contribution < -0.4 is 4.74 Å². The summed E-state index contributed by atoms with van der Waals surface area (Å²) < 4.78 is 5.40. The molecule has 0 unspecified atom stereocenters. The van der Waals surface area contributed by atoms with E-state index in [0.29, 0.717) is 11.3 Å². The first kappa shape index (κ1) is 11.3. The Bertz CT molecular complexity index is 515. The maximum absolute atomic E-state index is 11.9. The zero-order valence-electron chi connectivity index (χ0n) is 9.81. The second kappa shape index (κ2) is 4.78. The van der Waals surface area contributed by atoms with E-state index in [4.69, 9.17) is 4.74 Å². The summed E-state index contributed by atoms with van der Waals surface area (Å²) in [5.41, 5.74) is 2.41. The largest absolute Gasteiger partial charge is 0.422 e. The molecular formula is C14H13NO2. The van der Waals surface area contributed by atoms with Gasteiger partial charge >= 0.3 is 5.97 Å². The van der Waals surface area contributed by atoms with Crippen molar-refractivity contribution in [1.29, 1.82) is 0 Å². The van der Waals surface area contributed by atoms with E-state index in [0.717, 1.165) is 11.1 Å². The van der Waals surface area contributed by atoms with Gasteiger partial charge in [0, 0.05) is 12.4 Å². The van der Waals surface area contributed by atoms with Crippen LogP contribution in [0.1, 0.15) is 21.5 Å². The van der Waals surface area contributed by atoms with Gasteiger partial charge in [0.05, 0.1) is 5.56 Å². The molecule has 86 valence electrons. The van der Waals surface area contributed by atoms with Crippen molar-refractivity contribution in [3.8, 4) is 5.75 Å². The van der Waals surface area contributed by atoms with Crippen LogP contribution in [0.15, 0.2) is 42.7 Å². The van der Waals surface area contributed by atoms with E-state index < -0.39 is 0 Å². The SMILES string of the molecule is Cc1cccc(C)c1OC(=O)c1ccncc1. The molecular weight excluding hydrogens is 214 g/mol. The first-order valence-corrected chi connectivity index (χ1v) is 5.37. The fourth-order valence-corrected chi connectivity index (χ4v) is 1.60. The summed E-state index contributed by atoms with van der Waals surface area (Å²) in [5, 5.41) is 0. The highest BCUT2D eigenvalue weighted by atomic mass is 16.5. The Morgan fingerprint density at radius 3 is 2.24 bits per heavy atom. The highest BCUT2D eigenvalue weighted by Crippen LogP contribution is 2.23. The van der Waals surface area contributed by atoms with Gasteiger partial charge in [0.15, 0.2) is 0 Å². The molecule has 0 fully saturated rings. The fourth-order valence-electron chi connectivity index (χ4n) is 1.60. The van der Waals surface area contributed by atoms with E-state index in [1.54, 1.807) is 24.5 Å². The molecule has 17 heavy (non-hydrogen) atoms. The van der Waals surface area contributed by atoms with Crippen LogP contribution in [0.2, 0.25) is 0 Å². The number of ether oxygens (including phenoxy) is 1. The van der Waals surface area contributed by atoms with Crippen molar-refractivity contribution in [2.24, 2.45) is 0 Å². The zero-order chi connectivity index (χ0) is 12.3. The molecule has 0 saturated carbocycles. The van der Waals surface area contributed by atoms with Gasteiger partial charge in [0.25, 0.3) is 0 Å². The number of carbonyl (C=O) groups excluding carboxylic acids is 1. The van der Waals surface area contributed by atoms with Crippen LogP contribution in [-0.2, 0) is 0 Å². The van der Waals surface area contributed by atoms with Crippen molar-refractivity contribution in [1.82, 2.24) is 4.98 Å². The van der Waals surface area contributed by atoms with E-state index in [1.807, 2.05) is 32.0 Å². The average Bonchev–Trinajstić information content (AvgIpc) is 2.35. The predicted octanol–water partition coefficient (Wildman–Crippen LogP) is 2.92. The Kier molecular flexibility index (Phi) is 3.19. The molecule has 1 heterocycles. The average molecular weight is 227 g/mol. The maximum Gasteiger partial charge on any atom is 0.343 e. The van der Waals surface area contributed by atoms with Gasteiger partial charge in [0.2, 0.25) is 0 Å². The van der Waals surface area contributed by atoms with Gasteiger partial charge < -0.3 is 4.74 Å². The molecule has 1 aromatic heterocycles. The fraction of sp³-hybridized carbons (Fsp3) is 0.143. The number of aryl methyl sites for hydroxylation is 2. The van der Waals surface area contributed by atoms with Crippen molar-refractivity contribution < 1.29 is 9.53 Å². The molecule has 0 bridgehead atoms. The lowest BCUT2D eigenvalue weighted by Crippen LogP contribution is -2.10. The lowest BCUT2D eigenvalue weighted by Gasteiger charge is -2.09. The molecule has 0 aliphatic rings. The van der Waals surface area contributed by atoms with Crippen LogP contribution in [0, 0.1) is 13.8 Å². The van der Waals surface area contributed by atoms with Gasteiger partial charge in [0.1, 0.15) is 5.75 Å².